The van der Waals surface area contributed by atoms with Gasteiger partial charge < -0.3 is 10.1 Å². The van der Waals surface area contributed by atoms with E-state index < -0.39 is 17.7 Å². The van der Waals surface area contributed by atoms with Gasteiger partial charge in [0.25, 0.3) is 5.91 Å². The molecular weight excluding hydrogens is 417 g/mol. The minimum absolute atomic E-state index is 0.0191. The second kappa shape index (κ2) is 10.7. The molecule has 6 heteroatoms. The minimum Gasteiger partial charge on any atom is -0.461 e. The van der Waals surface area contributed by atoms with Crippen LogP contribution in [-0.2, 0) is 22.6 Å². The molecule has 1 N–H and O–H groups in total. The normalized spacial score (nSPS) is 10.5. The molecule has 3 aromatic rings. The van der Waals surface area contributed by atoms with Gasteiger partial charge in [0.1, 0.15) is 12.4 Å². The van der Waals surface area contributed by atoms with E-state index in [4.69, 9.17) is 16.3 Å². The van der Waals surface area contributed by atoms with Crippen molar-refractivity contribution in [2.75, 3.05) is 6.54 Å². The zero-order valence-electron chi connectivity index (χ0n) is 17.2. The number of halogens is 2. The van der Waals surface area contributed by atoms with Crippen molar-refractivity contribution in [1.29, 1.82) is 0 Å². The minimum atomic E-state index is -0.535. The van der Waals surface area contributed by atoms with E-state index in [-0.39, 0.29) is 25.1 Å². The van der Waals surface area contributed by atoms with E-state index in [1.165, 1.54) is 6.07 Å². The van der Waals surface area contributed by atoms with Gasteiger partial charge in [-0.15, -0.1) is 0 Å². The fraction of sp³-hybridized carbons (Fsp3) is 0.200. The fourth-order valence-electron chi connectivity index (χ4n) is 3.24. The van der Waals surface area contributed by atoms with Crippen molar-refractivity contribution in [1.82, 2.24) is 5.32 Å². The Bertz CT molecular complexity index is 1070. The highest BCUT2D eigenvalue weighted by Gasteiger charge is 2.14. The maximum absolute atomic E-state index is 14.3. The molecule has 0 saturated carbocycles. The number of benzene rings is 3. The van der Waals surface area contributed by atoms with Gasteiger partial charge in [-0.05, 0) is 47.4 Å². The molecule has 0 aromatic heterocycles. The van der Waals surface area contributed by atoms with Crippen LogP contribution in [0.2, 0.25) is 5.02 Å². The van der Waals surface area contributed by atoms with Crippen molar-refractivity contribution in [2.24, 2.45) is 0 Å². The summed E-state index contributed by atoms with van der Waals surface area (Å²) in [7, 11) is 0. The van der Waals surface area contributed by atoms with Crippen LogP contribution in [0.15, 0.2) is 66.7 Å². The Morgan fingerprint density at radius 1 is 1.03 bits per heavy atom. The van der Waals surface area contributed by atoms with Crippen LogP contribution in [-0.4, -0.2) is 18.4 Å². The molecule has 1 amide bonds. The molecule has 0 radical (unpaired) electrons. The number of ether oxygens (including phenoxy) is 1. The molecule has 31 heavy (non-hydrogen) atoms. The molecule has 3 rings (SSSR count). The van der Waals surface area contributed by atoms with E-state index in [1.54, 1.807) is 12.1 Å². The molecule has 0 atom stereocenters. The van der Waals surface area contributed by atoms with Crippen LogP contribution in [0, 0.1) is 5.82 Å². The van der Waals surface area contributed by atoms with Gasteiger partial charge in [-0.1, -0.05) is 61.0 Å². The van der Waals surface area contributed by atoms with Gasteiger partial charge in [-0.2, -0.15) is 0 Å². The standard InChI is InChI=1S/C25H23ClFNO3/c1-2-18-9-6-10-22(26)24(18)19-13-20(15-21(27)14-19)25(30)28-12-11-23(29)31-16-17-7-4-3-5-8-17/h3-10,13-15H,2,11-12,16H2,1H3,(H,28,30). The van der Waals surface area contributed by atoms with Crippen LogP contribution in [0.4, 0.5) is 4.39 Å². The summed E-state index contributed by atoms with van der Waals surface area (Å²) in [5.41, 5.74) is 3.26. The van der Waals surface area contributed by atoms with Crippen molar-refractivity contribution < 1.29 is 18.7 Å². The average molecular weight is 440 g/mol. The van der Waals surface area contributed by atoms with E-state index in [1.807, 2.05) is 49.4 Å². The summed E-state index contributed by atoms with van der Waals surface area (Å²) in [6.45, 7) is 2.25. The maximum Gasteiger partial charge on any atom is 0.307 e. The summed E-state index contributed by atoms with van der Waals surface area (Å²) < 4.78 is 19.4. The van der Waals surface area contributed by atoms with E-state index in [0.29, 0.717) is 16.1 Å². The monoisotopic (exact) mass is 439 g/mol. The predicted molar refractivity (Wildman–Crippen MR) is 119 cm³/mol. The quantitative estimate of drug-likeness (QED) is 0.467. The SMILES string of the molecule is CCc1cccc(Cl)c1-c1cc(F)cc(C(=O)NCCC(=O)OCc2ccccc2)c1. The van der Waals surface area contributed by atoms with Crippen molar-refractivity contribution in [3.8, 4) is 11.1 Å². The summed E-state index contributed by atoms with van der Waals surface area (Å²) in [5.74, 6) is -1.43. The molecule has 0 bridgehead atoms. The molecule has 0 saturated heterocycles. The van der Waals surface area contributed by atoms with Gasteiger partial charge >= 0.3 is 5.97 Å². The zero-order valence-corrected chi connectivity index (χ0v) is 17.9. The number of aryl methyl sites for hydroxylation is 1. The highest BCUT2D eigenvalue weighted by molar-refractivity contribution is 6.33. The van der Waals surface area contributed by atoms with E-state index >= 15 is 0 Å². The first-order chi connectivity index (χ1) is 15.0. The number of carbonyl (C=O) groups excluding carboxylic acids is 2. The van der Waals surface area contributed by atoms with Gasteiger partial charge in [0.15, 0.2) is 0 Å². The van der Waals surface area contributed by atoms with Crippen molar-refractivity contribution in [2.45, 2.75) is 26.4 Å². The Morgan fingerprint density at radius 2 is 1.81 bits per heavy atom. The molecule has 0 spiro atoms. The lowest BCUT2D eigenvalue weighted by atomic mass is 9.96. The highest BCUT2D eigenvalue weighted by Crippen LogP contribution is 2.33. The smallest absolute Gasteiger partial charge is 0.307 e. The van der Waals surface area contributed by atoms with E-state index in [9.17, 15) is 14.0 Å². The number of carbonyl (C=O) groups is 2. The number of esters is 1. The number of hydrogen-bond acceptors (Lipinski definition) is 3. The average Bonchev–Trinajstić information content (AvgIpc) is 2.77. The van der Waals surface area contributed by atoms with E-state index in [2.05, 4.69) is 5.32 Å². The largest absolute Gasteiger partial charge is 0.461 e. The van der Waals surface area contributed by atoms with Crippen molar-refractivity contribution in [3.05, 3.63) is 94.3 Å². The first kappa shape index (κ1) is 22.5. The van der Waals surface area contributed by atoms with Crippen LogP contribution in [0.25, 0.3) is 11.1 Å². The van der Waals surface area contributed by atoms with E-state index in [0.717, 1.165) is 23.6 Å². The highest BCUT2D eigenvalue weighted by atomic mass is 35.5. The lowest BCUT2D eigenvalue weighted by molar-refractivity contribution is -0.144. The third-order valence-electron chi connectivity index (χ3n) is 4.79. The lowest BCUT2D eigenvalue weighted by Crippen LogP contribution is -2.26. The summed E-state index contributed by atoms with van der Waals surface area (Å²) in [6, 6.07) is 19.0. The Morgan fingerprint density at radius 3 is 2.55 bits per heavy atom. The lowest BCUT2D eigenvalue weighted by Gasteiger charge is -2.12. The molecule has 160 valence electrons. The molecule has 0 aliphatic rings. The maximum atomic E-state index is 14.3. The summed E-state index contributed by atoms with van der Waals surface area (Å²) >= 11 is 6.34. The number of nitrogens with one attached hydrogen (secondary N) is 1. The molecule has 4 nitrogen and oxygen atoms in total. The van der Waals surface area contributed by atoms with Gasteiger partial charge in [0.2, 0.25) is 0 Å². The summed E-state index contributed by atoms with van der Waals surface area (Å²) in [4.78, 5) is 24.4. The van der Waals surface area contributed by atoms with Gasteiger partial charge in [0.05, 0.1) is 6.42 Å². The second-order valence-corrected chi connectivity index (χ2v) is 7.42. The topological polar surface area (TPSA) is 55.4 Å². The van der Waals surface area contributed by atoms with Gasteiger partial charge in [-0.25, -0.2) is 4.39 Å². The Hall–Kier alpha value is -3.18. The number of hydrogen-bond donors (Lipinski definition) is 1. The van der Waals surface area contributed by atoms with Gasteiger partial charge in [0, 0.05) is 22.7 Å². The predicted octanol–water partition coefficient (Wildman–Crippen LogP) is 5.57. The van der Waals surface area contributed by atoms with Crippen molar-refractivity contribution >= 4 is 23.5 Å². The Balaban J connectivity index is 1.62. The van der Waals surface area contributed by atoms with Gasteiger partial charge in [-0.3, -0.25) is 9.59 Å². The van der Waals surface area contributed by atoms with Crippen LogP contribution in [0.1, 0.15) is 34.8 Å². The summed E-state index contributed by atoms with van der Waals surface area (Å²) in [6.07, 6.45) is 0.740. The zero-order chi connectivity index (χ0) is 22.2. The summed E-state index contributed by atoms with van der Waals surface area (Å²) in [5, 5.41) is 3.14. The molecular formula is C25H23ClFNO3. The van der Waals surface area contributed by atoms with Crippen LogP contribution >= 0.6 is 11.6 Å². The Kier molecular flexibility index (Phi) is 7.79. The third-order valence-corrected chi connectivity index (χ3v) is 5.10. The molecule has 0 aliphatic heterocycles. The fourth-order valence-corrected chi connectivity index (χ4v) is 3.55. The van der Waals surface area contributed by atoms with Crippen LogP contribution in [0.5, 0.6) is 0 Å². The van der Waals surface area contributed by atoms with Crippen LogP contribution < -0.4 is 5.32 Å². The first-order valence-corrected chi connectivity index (χ1v) is 10.4. The second-order valence-electron chi connectivity index (χ2n) is 7.01. The molecule has 0 aliphatic carbocycles. The van der Waals surface area contributed by atoms with Crippen LogP contribution in [0.3, 0.4) is 0 Å². The van der Waals surface area contributed by atoms with Crippen molar-refractivity contribution in [3.63, 3.8) is 0 Å². The first-order valence-electron chi connectivity index (χ1n) is 10.0. The molecule has 3 aromatic carbocycles. The number of amides is 1. The molecule has 0 fully saturated rings. The number of rotatable bonds is 8. The molecule has 0 unspecified atom stereocenters. The third kappa shape index (κ3) is 6.15. The Labute approximate surface area is 186 Å². The molecule has 0 heterocycles.